The van der Waals surface area contributed by atoms with Crippen molar-refractivity contribution in [3.63, 3.8) is 0 Å². The molecule has 2 heterocycles. The average Bonchev–Trinajstić information content (AvgIpc) is 3.11. The third kappa shape index (κ3) is 5.03. The molecule has 0 bridgehead atoms. The molecule has 26 heavy (non-hydrogen) atoms. The average molecular weight is 374 g/mol. The first kappa shape index (κ1) is 18.3. The molecular formula is C18H22N4O3S. The second-order valence-corrected chi connectivity index (χ2v) is 6.84. The summed E-state index contributed by atoms with van der Waals surface area (Å²) in [5.41, 5.74) is 2.73. The topological polar surface area (TPSA) is 83.6 Å². The van der Waals surface area contributed by atoms with Crippen LogP contribution in [0.5, 0.6) is 0 Å². The summed E-state index contributed by atoms with van der Waals surface area (Å²) in [4.78, 5) is 29.5. The Morgan fingerprint density at radius 3 is 2.65 bits per heavy atom. The Morgan fingerprint density at radius 1 is 1.23 bits per heavy atom. The van der Waals surface area contributed by atoms with E-state index in [0.29, 0.717) is 39.3 Å². The van der Waals surface area contributed by atoms with Crippen molar-refractivity contribution >= 4 is 29.0 Å². The number of ether oxygens (including phenoxy) is 1. The normalized spacial score (nSPS) is 14.1. The van der Waals surface area contributed by atoms with Gasteiger partial charge in [0.25, 0.3) is 0 Å². The lowest BCUT2D eigenvalue weighted by Crippen LogP contribution is -2.46. The number of hydrogen-bond acceptors (Lipinski definition) is 5. The van der Waals surface area contributed by atoms with Gasteiger partial charge >= 0.3 is 6.03 Å². The van der Waals surface area contributed by atoms with Crippen molar-refractivity contribution in [1.82, 2.24) is 15.2 Å². The molecule has 0 aliphatic carbocycles. The lowest BCUT2D eigenvalue weighted by Gasteiger charge is -2.26. The Labute approximate surface area is 156 Å². The molecule has 2 N–H and O–H groups in total. The highest BCUT2D eigenvalue weighted by Crippen LogP contribution is 2.25. The van der Waals surface area contributed by atoms with Gasteiger partial charge in [-0.25, -0.2) is 9.78 Å². The Hall–Kier alpha value is -2.45. The molecule has 1 aromatic carbocycles. The third-order valence-corrected chi connectivity index (χ3v) is 4.90. The molecule has 1 saturated heterocycles. The van der Waals surface area contributed by atoms with Crippen LogP contribution in [0.2, 0.25) is 0 Å². The number of rotatable bonds is 5. The number of nitrogens with zero attached hydrogens (tertiary/aromatic N) is 2. The van der Waals surface area contributed by atoms with Gasteiger partial charge in [0, 0.05) is 49.6 Å². The van der Waals surface area contributed by atoms with Crippen LogP contribution < -0.4 is 10.6 Å². The van der Waals surface area contributed by atoms with Crippen LogP contribution in [0.3, 0.4) is 0 Å². The van der Waals surface area contributed by atoms with Crippen molar-refractivity contribution < 1.29 is 14.3 Å². The fourth-order valence-corrected chi connectivity index (χ4v) is 3.49. The minimum Gasteiger partial charge on any atom is -0.378 e. The fourth-order valence-electron chi connectivity index (χ4n) is 2.63. The SMILES string of the molecule is CC(=O)Nc1ccc(-c2nc(CCNC(=O)N3CCOCC3)cs2)cc1. The highest BCUT2D eigenvalue weighted by Gasteiger charge is 2.16. The van der Waals surface area contributed by atoms with Crippen LogP contribution in [0.15, 0.2) is 29.6 Å². The van der Waals surface area contributed by atoms with Gasteiger partial charge in [0.15, 0.2) is 0 Å². The summed E-state index contributed by atoms with van der Waals surface area (Å²) >= 11 is 1.57. The number of benzene rings is 1. The van der Waals surface area contributed by atoms with Crippen molar-refractivity contribution in [1.29, 1.82) is 0 Å². The molecule has 0 unspecified atom stereocenters. The molecule has 3 rings (SSSR count). The zero-order valence-electron chi connectivity index (χ0n) is 14.7. The van der Waals surface area contributed by atoms with Crippen LogP contribution in [-0.2, 0) is 16.0 Å². The van der Waals surface area contributed by atoms with Gasteiger partial charge < -0.3 is 20.3 Å². The second-order valence-electron chi connectivity index (χ2n) is 5.98. The van der Waals surface area contributed by atoms with E-state index in [2.05, 4.69) is 15.6 Å². The lowest BCUT2D eigenvalue weighted by atomic mass is 10.2. The first-order chi connectivity index (χ1) is 12.6. The number of hydrogen-bond donors (Lipinski definition) is 2. The molecule has 1 fully saturated rings. The number of morpholine rings is 1. The number of anilines is 1. The van der Waals surface area contributed by atoms with Crippen LogP contribution in [0.1, 0.15) is 12.6 Å². The highest BCUT2D eigenvalue weighted by atomic mass is 32.1. The predicted octanol–water partition coefficient (Wildman–Crippen LogP) is 2.35. The number of urea groups is 1. The summed E-state index contributed by atoms with van der Waals surface area (Å²) in [6, 6.07) is 7.56. The summed E-state index contributed by atoms with van der Waals surface area (Å²) in [5, 5.41) is 8.61. The van der Waals surface area contributed by atoms with Crippen molar-refractivity contribution in [2.45, 2.75) is 13.3 Å². The van der Waals surface area contributed by atoms with Gasteiger partial charge in [0.05, 0.1) is 18.9 Å². The first-order valence-electron chi connectivity index (χ1n) is 8.55. The summed E-state index contributed by atoms with van der Waals surface area (Å²) in [6.07, 6.45) is 0.691. The third-order valence-electron chi connectivity index (χ3n) is 3.96. The lowest BCUT2D eigenvalue weighted by molar-refractivity contribution is -0.114. The standard InChI is InChI=1S/C18H22N4O3S/c1-13(23)20-15-4-2-14(3-5-15)17-21-16(12-26-17)6-7-19-18(24)22-8-10-25-11-9-22/h2-5,12H,6-11H2,1H3,(H,19,24)(H,20,23). The first-order valence-corrected chi connectivity index (χ1v) is 9.43. The Balaban J connectivity index is 1.49. The van der Waals surface area contributed by atoms with Crippen LogP contribution in [0.25, 0.3) is 10.6 Å². The molecule has 1 aromatic heterocycles. The maximum Gasteiger partial charge on any atom is 0.317 e. The number of amides is 3. The van der Waals surface area contributed by atoms with E-state index < -0.39 is 0 Å². The number of thiazole rings is 1. The van der Waals surface area contributed by atoms with E-state index >= 15 is 0 Å². The minimum atomic E-state index is -0.0894. The van der Waals surface area contributed by atoms with Gasteiger partial charge in [-0.1, -0.05) is 0 Å². The van der Waals surface area contributed by atoms with Gasteiger partial charge in [0.1, 0.15) is 5.01 Å². The van der Waals surface area contributed by atoms with Gasteiger partial charge in [0.2, 0.25) is 5.91 Å². The van der Waals surface area contributed by atoms with Crippen molar-refractivity contribution in [3.05, 3.63) is 35.3 Å². The van der Waals surface area contributed by atoms with Crippen LogP contribution >= 0.6 is 11.3 Å². The molecule has 8 heteroatoms. The Kier molecular flexibility index (Phi) is 6.19. The van der Waals surface area contributed by atoms with Crippen molar-refractivity contribution in [2.24, 2.45) is 0 Å². The second kappa shape index (κ2) is 8.77. The predicted molar refractivity (Wildman–Crippen MR) is 101 cm³/mol. The quantitative estimate of drug-likeness (QED) is 0.842. The number of carbonyl (C=O) groups excluding carboxylic acids is 2. The maximum atomic E-state index is 12.0. The maximum absolute atomic E-state index is 12.0. The van der Waals surface area contributed by atoms with Crippen LogP contribution in [-0.4, -0.2) is 54.7 Å². The van der Waals surface area contributed by atoms with Gasteiger partial charge in [-0.05, 0) is 24.3 Å². The summed E-state index contributed by atoms with van der Waals surface area (Å²) < 4.78 is 5.24. The van der Waals surface area contributed by atoms with E-state index in [1.807, 2.05) is 29.6 Å². The largest absolute Gasteiger partial charge is 0.378 e. The Bertz CT molecular complexity index is 754. The molecule has 138 valence electrons. The highest BCUT2D eigenvalue weighted by molar-refractivity contribution is 7.13. The molecule has 2 aromatic rings. The van der Waals surface area contributed by atoms with E-state index in [-0.39, 0.29) is 11.9 Å². The van der Waals surface area contributed by atoms with E-state index in [1.54, 1.807) is 16.2 Å². The summed E-state index contributed by atoms with van der Waals surface area (Å²) in [7, 11) is 0. The molecule has 1 aliphatic heterocycles. The Morgan fingerprint density at radius 2 is 1.96 bits per heavy atom. The van der Waals surface area contributed by atoms with E-state index in [4.69, 9.17) is 4.74 Å². The summed E-state index contributed by atoms with van der Waals surface area (Å²) in [5.74, 6) is -0.0894. The number of carbonyl (C=O) groups is 2. The fraction of sp³-hybridized carbons (Fsp3) is 0.389. The van der Waals surface area contributed by atoms with E-state index in [1.165, 1.54) is 6.92 Å². The zero-order chi connectivity index (χ0) is 18.4. The number of nitrogens with one attached hydrogen (secondary N) is 2. The van der Waals surface area contributed by atoms with Gasteiger partial charge in [-0.15, -0.1) is 11.3 Å². The monoisotopic (exact) mass is 374 g/mol. The van der Waals surface area contributed by atoms with Gasteiger partial charge in [-0.3, -0.25) is 4.79 Å². The van der Waals surface area contributed by atoms with Crippen molar-refractivity contribution in [3.8, 4) is 10.6 Å². The molecule has 0 radical (unpaired) electrons. The van der Waals surface area contributed by atoms with E-state index in [0.717, 1.165) is 22.0 Å². The number of aromatic nitrogens is 1. The van der Waals surface area contributed by atoms with Gasteiger partial charge in [-0.2, -0.15) is 0 Å². The minimum absolute atomic E-state index is 0.0442. The molecular weight excluding hydrogens is 352 g/mol. The van der Waals surface area contributed by atoms with Crippen molar-refractivity contribution in [2.75, 3.05) is 38.2 Å². The molecule has 0 saturated carbocycles. The molecule has 1 aliphatic rings. The van der Waals surface area contributed by atoms with E-state index in [9.17, 15) is 9.59 Å². The summed E-state index contributed by atoms with van der Waals surface area (Å²) in [6.45, 7) is 4.52. The molecule has 7 nitrogen and oxygen atoms in total. The van der Waals surface area contributed by atoms with Crippen LogP contribution in [0.4, 0.5) is 10.5 Å². The molecule has 0 spiro atoms. The van der Waals surface area contributed by atoms with Crippen LogP contribution in [0, 0.1) is 0 Å². The smallest absolute Gasteiger partial charge is 0.317 e. The molecule has 0 atom stereocenters. The molecule has 3 amide bonds. The zero-order valence-corrected chi connectivity index (χ0v) is 15.5.